The second-order valence-corrected chi connectivity index (χ2v) is 7.09. The molecule has 5 rings (SSSR count). The van der Waals surface area contributed by atoms with Crippen molar-refractivity contribution in [2.75, 3.05) is 11.1 Å². The molecule has 0 radical (unpaired) electrons. The molecule has 2 atom stereocenters. The van der Waals surface area contributed by atoms with Crippen molar-refractivity contribution < 1.29 is 4.39 Å². The van der Waals surface area contributed by atoms with Gasteiger partial charge >= 0.3 is 0 Å². The van der Waals surface area contributed by atoms with E-state index in [-0.39, 0.29) is 5.92 Å². The van der Waals surface area contributed by atoms with Gasteiger partial charge in [-0.15, -0.1) is 0 Å². The monoisotopic (exact) mass is 375 g/mol. The summed E-state index contributed by atoms with van der Waals surface area (Å²) >= 11 is 0. The number of hydrogen-bond acceptors (Lipinski definition) is 6. The van der Waals surface area contributed by atoms with Crippen LogP contribution in [0.2, 0.25) is 0 Å². The minimum atomic E-state index is -0.806. The number of nitrogens with one attached hydrogen (secondary N) is 2. The third-order valence-electron chi connectivity index (χ3n) is 5.18. The van der Waals surface area contributed by atoms with Gasteiger partial charge in [0, 0.05) is 35.0 Å². The number of anilines is 2. The Balaban J connectivity index is 1.57. The number of rotatable bonds is 4. The second kappa shape index (κ2) is 5.98. The van der Waals surface area contributed by atoms with E-state index in [1.54, 1.807) is 18.7 Å². The summed E-state index contributed by atoms with van der Waals surface area (Å²) in [5, 5.41) is 4.74. The number of nitrogen functional groups attached to an aromatic ring is 1. The van der Waals surface area contributed by atoms with Gasteiger partial charge in [-0.1, -0.05) is 6.58 Å². The number of halogens is 1. The van der Waals surface area contributed by atoms with Crippen LogP contribution >= 0.6 is 0 Å². The topological polar surface area (TPSA) is 105 Å². The molecule has 4 aromatic rings. The van der Waals surface area contributed by atoms with Gasteiger partial charge in [-0.2, -0.15) is 0 Å². The summed E-state index contributed by atoms with van der Waals surface area (Å²) in [6.45, 7) is 5.91. The zero-order chi connectivity index (χ0) is 19.4. The van der Waals surface area contributed by atoms with Crippen LogP contribution in [-0.4, -0.2) is 31.1 Å². The molecule has 8 heteroatoms. The van der Waals surface area contributed by atoms with Gasteiger partial charge in [0.25, 0.3) is 0 Å². The normalized spacial score (nSPS) is 18.5. The summed E-state index contributed by atoms with van der Waals surface area (Å²) in [4.78, 5) is 20.6. The lowest BCUT2D eigenvalue weighted by atomic mass is 10.0. The van der Waals surface area contributed by atoms with Gasteiger partial charge in [-0.25, -0.2) is 24.3 Å². The quantitative estimate of drug-likeness (QED) is 0.502. The van der Waals surface area contributed by atoms with Gasteiger partial charge in [0.2, 0.25) is 0 Å². The minimum Gasteiger partial charge on any atom is -0.383 e. The zero-order valence-corrected chi connectivity index (χ0v) is 15.2. The summed E-state index contributed by atoms with van der Waals surface area (Å²) < 4.78 is 13.2. The molecule has 7 nitrogen and oxygen atoms in total. The van der Waals surface area contributed by atoms with Gasteiger partial charge in [0.05, 0.1) is 17.5 Å². The van der Waals surface area contributed by atoms with Crippen LogP contribution in [0.1, 0.15) is 12.0 Å². The number of alkyl halides is 1. The zero-order valence-electron chi connectivity index (χ0n) is 15.2. The molecule has 0 unspecified atom stereocenters. The van der Waals surface area contributed by atoms with Crippen molar-refractivity contribution >= 4 is 33.6 Å². The van der Waals surface area contributed by atoms with Crippen LogP contribution in [-0.2, 0) is 0 Å². The van der Waals surface area contributed by atoms with Crippen molar-refractivity contribution in [3.8, 4) is 11.3 Å². The lowest BCUT2D eigenvalue weighted by molar-refractivity contribution is 0.459. The summed E-state index contributed by atoms with van der Waals surface area (Å²) in [5.74, 6) is 0.859. The maximum atomic E-state index is 13.2. The molecule has 28 heavy (non-hydrogen) atoms. The number of imidazole rings is 1. The van der Waals surface area contributed by atoms with Crippen LogP contribution in [0.25, 0.3) is 33.2 Å². The summed E-state index contributed by atoms with van der Waals surface area (Å²) in [6.07, 6.45) is 4.75. The highest BCUT2D eigenvalue weighted by molar-refractivity contribution is 5.95. The van der Waals surface area contributed by atoms with Crippen LogP contribution in [0.3, 0.4) is 0 Å². The number of fused-ring (bicyclic) bond motifs is 2. The summed E-state index contributed by atoms with van der Waals surface area (Å²) in [5.41, 5.74) is 11.0. The van der Waals surface area contributed by atoms with Gasteiger partial charge in [0.1, 0.15) is 17.8 Å². The lowest BCUT2D eigenvalue weighted by Gasteiger charge is -2.11. The van der Waals surface area contributed by atoms with Crippen LogP contribution in [0.15, 0.2) is 43.1 Å². The van der Waals surface area contributed by atoms with E-state index in [2.05, 4.69) is 36.8 Å². The molecule has 1 aliphatic carbocycles. The van der Waals surface area contributed by atoms with Gasteiger partial charge < -0.3 is 16.0 Å². The molecular formula is C20H18FN7. The average Bonchev–Trinajstić information content (AvgIpc) is 3.21. The molecular weight excluding hydrogens is 357 g/mol. The Hall–Kier alpha value is -3.55. The molecule has 0 saturated heterocycles. The highest BCUT2D eigenvalue weighted by Gasteiger charge is 2.39. The Labute approximate surface area is 159 Å². The smallest absolute Gasteiger partial charge is 0.177 e. The molecule has 0 spiro atoms. The van der Waals surface area contributed by atoms with Crippen molar-refractivity contribution in [3.63, 3.8) is 0 Å². The van der Waals surface area contributed by atoms with E-state index < -0.39 is 6.17 Å². The first-order chi connectivity index (χ1) is 13.5. The molecule has 1 aliphatic rings. The Bertz CT molecular complexity index is 1250. The van der Waals surface area contributed by atoms with Crippen molar-refractivity contribution in [1.29, 1.82) is 0 Å². The maximum Gasteiger partial charge on any atom is 0.177 e. The first-order valence-corrected chi connectivity index (χ1v) is 8.96. The SMILES string of the molecule is C=C(Nc1cc2cc(-c3cnc4nc[nH]c4c3C)nc(N)c2cn1)[C@@H]1C[C@@H]1F. The number of nitrogens with zero attached hydrogens (tertiary/aromatic N) is 4. The Morgan fingerprint density at radius 3 is 2.89 bits per heavy atom. The third-order valence-corrected chi connectivity index (χ3v) is 5.18. The fourth-order valence-electron chi connectivity index (χ4n) is 3.44. The predicted octanol–water partition coefficient (Wildman–Crippen LogP) is 3.74. The molecule has 4 N–H and O–H groups in total. The number of hydrogen-bond donors (Lipinski definition) is 3. The minimum absolute atomic E-state index is 0.134. The van der Waals surface area contributed by atoms with Crippen LogP contribution in [0, 0.1) is 12.8 Å². The number of H-pyrrole nitrogens is 1. The molecule has 4 aromatic heterocycles. The first kappa shape index (κ1) is 16.6. The van der Waals surface area contributed by atoms with E-state index in [4.69, 9.17) is 5.73 Å². The van der Waals surface area contributed by atoms with E-state index in [9.17, 15) is 4.39 Å². The average molecular weight is 375 g/mol. The summed E-state index contributed by atoms with van der Waals surface area (Å²) in [7, 11) is 0. The number of aryl methyl sites for hydroxylation is 1. The largest absolute Gasteiger partial charge is 0.383 e. The molecule has 0 aromatic carbocycles. The number of aromatic nitrogens is 5. The molecule has 0 bridgehead atoms. The van der Waals surface area contributed by atoms with Crippen molar-refractivity contribution in [1.82, 2.24) is 24.9 Å². The number of aromatic amines is 1. The number of nitrogens with two attached hydrogens (primary N) is 1. The number of allylic oxidation sites excluding steroid dienone is 1. The van der Waals surface area contributed by atoms with Crippen molar-refractivity contribution in [2.45, 2.75) is 19.5 Å². The molecule has 0 aliphatic heterocycles. The van der Waals surface area contributed by atoms with E-state index in [0.29, 0.717) is 35.1 Å². The van der Waals surface area contributed by atoms with E-state index in [1.807, 2.05) is 19.1 Å². The standard InChI is InChI=1S/C20H18FN7/c1-9-13(6-24-20-18(9)25-8-26-20)16-3-11-4-17(23-7-14(11)19(22)28-16)27-10(2)12-5-15(12)21/h3-4,6-8,12,15H,2,5H2,1H3,(H2,22,28)(H,23,27)(H,24,25,26)/t12-,15-/m0/s1. The van der Waals surface area contributed by atoms with Crippen LogP contribution in [0.4, 0.5) is 16.0 Å². The Kier molecular flexibility index (Phi) is 3.55. The molecule has 1 fully saturated rings. The third kappa shape index (κ3) is 2.65. The van der Waals surface area contributed by atoms with Gasteiger partial charge in [-0.05, 0) is 36.4 Å². The van der Waals surface area contributed by atoms with E-state index in [0.717, 1.165) is 27.4 Å². The van der Waals surface area contributed by atoms with Crippen molar-refractivity contribution in [2.24, 2.45) is 5.92 Å². The van der Waals surface area contributed by atoms with Crippen LogP contribution in [0.5, 0.6) is 0 Å². The van der Waals surface area contributed by atoms with Crippen LogP contribution < -0.4 is 11.1 Å². The molecule has 4 heterocycles. The van der Waals surface area contributed by atoms with Gasteiger partial charge in [0.15, 0.2) is 5.65 Å². The molecule has 0 amide bonds. The maximum absolute atomic E-state index is 13.2. The fourth-order valence-corrected chi connectivity index (χ4v) is 3.44. The fraction of sp³-hybridized carbons (Fsp3) is 0.200. The number of pyridine rings is 3. The summed E-state index contributed by atoms with van der Waals surface area (Å²) in [6, 6.07) is 3.82. The molecule has 1 saturated carbocycles. The van der Waals surface area contributed by atoms with E-state index in [1.165, 1.54) is 0 Å². The van der Waals surface area contributed by atoms with E-state index >= 15 is 0 Å². The Morgan fingerprint density at radius 1 is 1.29 bits per heavy atom. The predicted molar refractivity (Wildman–Crippen MR) is 107 cm³/mol. The molecule has 140 valence electrons. The highest BCUT2D eigenvalue weighted by atomic mass is 19.1. The van der Waals surface area contributed by atoms with Gasteiger partial charge in [-0.3, -0.25) is 0 Å². The first-order valence-electron chi connectivity index (χ1n) is 8.96. The highest BCUT2D eigenvalue weighted by Crippen LogP contribution is 2.39. The lowest BCUT2D eigenvalue weighted by Crippen LogP contribution is -2.04. The second-order valence-electron chi connectivity index (χ2n) is 7.09. The van der Waals surface area contributed by atoms with Crippen molar-refractivity contribution in [3.05, 3.63) is 48.7 Å². The Morgan fingerprint density at radius 2 is 2.11 bits per heavy atom.